The molecule has 0 radical (unpaired) electrons. The molecule has 1 aromatic carbocycles. The minimum Gasteiger partial charge on any atom is -0.394 e. The second-order valence-electron chi connectivity index (χ2n) is 5.84. The number of pyridine rings is 2. The van der Waals surface area contributed by atoms with E-state index in [0.29, 0.717) is 16.6 Å². The van der Waals surface area contributed by atoms with Gasteiger partial charge in [-0.15, -0.1) is 11.3 Å². The largest absolute Gasteiger partial charge is 0.394 e. The molecule has 26 heavy (non-hydrogen) atoms. The first-order chi connectivity index (χ1) is 12.7. The van der Waals surface area contributed by atoms with E-state index in [9.17, 15) is 4.79 Å². The lowest BCUT2D eigenvalue weighted by atomic mass is 9.99. The molecule has 0 unspecified atom stereocenters. The summed E-state index contributed by atoms with van der Waals surface area (Å²) in [7, 11) is 0. The molecule has 0 aliphatic heterocycles. The quantitative estimate of drug-likeness (QED) is 0.447. The molecule has 0 atom stereocenters. The van der Waals surface area contributed by atoms with Crippen LogP contribution in [0.15, 0.2) is 53.0 Å². The van der Waals surface area contributed by atoms with Crippen LogP contribution >= 0.6 is 11.3 Å². The smallest absolute Gasteiger partial charge is 0.272 e. The third-order valence-corrected chi connectivity index (χ3v) is 5.14. The summed E-state index contributed by atoms with van der Waals surface area (Å²) in [4.78, 5) is 24.2. The van der Waals surface area contributed by atoms with Crippen molar-refractivity contribution < 1.29 is 0 Å². The summed E-state index contributed by atoms with van der Waals surface area (Å²) < 4.78 is 0. The molecular formula is C18H12N6OS. The predicted octanol–water partition coefficient (Wildman–Crippen LogP) is 3.17. The van der Waals surface area contributed by atoms with Gasteiger partial charge in [-0.1, -0.05) is 12.1 Å². The van der Waals surface area contributed by atoms with Gasteiger partial charge in [0.25, 0.3) is 5.56 Å². The molecule has 0 amide bonds. The highest BCUT2D eigenvalue weighted by molar-refractivity contribution is 7.13. The summed E-state index contributed by atoms with van der Waals surface area (Å²) in [5.41, 5.74) is 10.3. The summed E-state index contributed by atoms with van der Waals surface area (Å²) in [5.74, 6) is 0. The summed E-state index contributed by atoms with van der Waals surface area (Å²) in [5, 5.41) is 10.7. The number of thiazole rings is 1. The molecule has 5 rings (SSSR count). The van der Waals surface area contributed by atoms with Crippen LogP contribution in [0.1, 0.15) is 0 Å². The van der Waals surface area contributed by atoms with E-state index in [-0.39, 0.29) is 11.2 Å². The highest BCUT2D eigenvalue weighted by atomic mass is 32.1. The zero-order valence-corrected chi connectivity index (χ0v) is 14.2. The molecule has 0 spiro atoms. The maximum absolute atomic E-state index is 12.5. The first-order valence-electron chi connectivity index (χ1n) is 7.86. The zero-order valence-electron chi connectivity index (χ0n) is 13.4. The standard InChI is InChI=1S/C18H12N6OS/c19-15-14(10-2-1-3-12-11(10)8-22-24-12)16-13(23-17(15)25)6-9(7-21-16)18-20-4-5-26-18/h1-8H,19H2,(H,22,24)(H,23,25). The van der Waals surface area contributed by atoms with Gasteiger partial charge in [0.2, 0.25) is 0 Å². The second kappa shape index (κ2) is 5.50. The first-order valence-corrected chi connectivity index (χ1v) is 8.74. The Kier molecular flexibility index (Phi) is 3.13. The van der Waals surface area contributed by atoms with E-state index in [1.54, 1.807) is 18.6 Å². The van der Waals surface area contributed by atoms with Crippen LogP contribution in [0.3, 0.4) is 0 Å². The molecule has 4 aromatic heterocycles. The maximum Gasteiger partial charge on any atom is 0.272 e. The van der Waals surface area contributed by atoms with Crippen LogP contribution in [-0.2, 0) is 0 Å². The molecule has 0 bridgehead atoms. The Morgan fingerprint density at radius 1 is 1.12 bits per heavy atom. The van der Waals surface area contributed by atoms with E-state index in [2.05, 4.69) is 25.1 Å². The average Bonchev–Trinajstić information content (AvgIpc) is 3.34. The van der Waals surface area contributed by atoms with E-state index < -0.39 is 0 Å². The molecule has 4 N–H and O–H groups in total. The first kappa shape index (κ1) is 14.8. The third-order valence-electron chi connectivity index (χ3n) is 4.32. The Bertz CT molecular complexity index is 1320. The van der Waals surface area contributed by atoms with Crippen molar-refractivity contribution in [2.24, 2.45) is 0 Å². The molecule has 0 saturated heterocycles. The molecule has 0 aliphatic rings. The molecule has 7 nitrogen and oxygen atoms in total. The van der Waals surface area contributed by atoms with Gasteiger partial charge in [0.1, 0.15) is 10.7 Å². The summed E-state index contributed by atoms with van der Waals surface area (Å²) in [6.07, 6.45) is 5.21. The van der Waals surface area contributed by atoms with Gasteiger partial charge in [-0.05, 0) is 17.7 Å². The van der Waals surface area contributed by atoms with E-state index in [4.69, 9.17) is 5.73 Å². The number of hydrogen-bond acceptors (Lipinski definition) is 6. The molecule has 5 aromatic rings. The van der Waals surface area contributed by atoms with Crippen LogP contribution in [0.5, 0.6) is 0 Å². The van der Waals surface area contributed by atoms with Gasteiger partial charge in [-0.25, -0.2) is 4.98 Å². The van der Waals surface area contributed by atoms with Crippen molar-refractivity contribution in [1.82, 2.24) is 25.1 Å². The number of nitrogens with two attached hydrogens (primary N) is 1. The number of benzene rings is 1. The van der Waals surface area contributed by atoms with Crippen molar-refractivity contribution in [1.29, 1.82) is 0 Å². The van der Waals surface area contributed by atoms with Crippen LogP contribution in [0, 0.1) is 0 Å². The highest BCUT2D eigenvalue weighted by Gasteiger charge is 2.17. The van der Waals surface area contributed by atoms with Crippen LogP contribution in [0.2, 0.25) is 0 Å². The Morgan fingerprint density at radius 3 is 2.88 bits per heavy atom. The number of hydrogen-bond donors (Lipinski definition) is 3. The van der Waals surface area contributed by atoms with Crippen LogP contribution in [-0.4, -0.2) is 25.1 Å². The van der Waals surface area contributed by atoms with Crippen molar-refractivity contribution in [2.75, 3.05) is 5.73 Å². The Labute approximate surface area is 150 Å². The van der Waals surface area contributed by atoms with Crippen molar-refractivity contribution in [3.05, 3.63) is 58.6 Å². The lowest BCUT2D eigenvalue weighted by Gasteiger charge is -2.11. The SMILES string of the molecule is Nc1c(-c2cccc3[nH]ncc23)c2ncc(-c3nccs3)cc2[nH]c1=O. The number of rotatable bonds is 2. The Morgan fingerprint density at radius 2 is 2.04 bits per heavy atom. The van der Waals surface area contributed by atoms with E-state index in [1.165, 1.54) is 11.3 Å². The van der Waals surface area contributed by atoms with E-state index in [1.807, 2.05) is 29.6 Å². The van der Waals surface area contributed by atoms with Gasteiger partial charge < -0.3 is 10.7 Å². The number of nitrogen functional groups attached to an aromatic ring is 1. The van der Waals surface area contributed by atoms with Gasteiger partial charge in [0, 0.05) is 34.3 Å². The fraction of sp³-hybridized carbons (Fsp3) is 0. The molecule has 4 heterocycles. The molecule has 126 valence electrons. The molecule has 0 fully saturated rings. The normalized spacial score (nSPS) is 11.4. The van der Waals surface area contributed by atoms with Gasteiger partial charge in [-0.3, -0.25) is 14.9 Å². The van der Waals surface area contributed by atoms with Crippen molar-refractivity contribution in [2.45, 2.75) is 0 Å². The fourth-order valence-electron chi connectivity index (χ4n) is 3.13. The van der Waals surface area contributed by atoms with Crippen molar-refractivity contribution in [3.63, 3.8) is 0 Å². The lowest BCUT2D eigenvalue weighted by molar-refractivity contribution is 1.12. The van der Waals surface area contributed by atoms with Gasteiger partial charge in [0.15, 0.2) is 0 Å². The lowest BCUT2D eigenvalue weighted by Crippen LogP contribution is -2.14. The van der Waals surface area contributed by atoms with Gasteiger partial charge in [-0.2, -0.15) is 5.10 Å². The van der Waals surface area contributed by atoms with Crippen LogP contribution in [0.4, 0.5) is 5.69 Å². The van der Waals surface area contributed by atoms with Gasteiger partial charge in [0.05, 0.1) is 22.7 Å². The number of nitrogens with one attached hydrogen (secondary N) is 2. The number of aromatic amines is 2. The minimum atomic E-state index is -0.342. The summed E-state index contributed by atoms with van der Waals surface area (Å²) >= 11 is 1.52. The molecular weight excluding hydrogens is 348 g/mol. The molecule has 0 saturated carbocycles. The van der Waals surface area contributed by atoms with Crippen LogP contribution in [0.25, 0.3) is 43.6 Å². The van der Waals surface area contributed by atoms with Crippen molar-refractivity contribution >= 4 is 39.0 Å². The number of aromatic nitrogens is 5. The van der Waals surface area contributed by atoms with E-state index in [0.717, 1.165) is 27.0 Å². The zero-order chi connectivity index (χ0) is 17.7. The number of fused-ring (bicyclic) bond motifs is 2. The van der Waals surface area contributed by atoms with Gasteiger partial charge >= 0.3 is 0 Å². The predicted molar refractivity (Wildman–Crippen MR) is 103 cm³/mol. The maximum atomic E-state index is 12.5. The molecule has 8 heteroatoms. The topological polar surface area (TPSA) is 113 Å². The molecule has 0 aliphatic carbocycles. The second-order valence-corrected chi connectivity index (χ2v) is 6.73. The number of H-pyrrole nitrogens is 2. The summed E-state index contributed by atoms with van der Waals surface area (Å²) in [6, 6.07) is 7.61. The van der Waals surface area contributed by atoms with E-state index >= 15 is 0 Å². The van der Waals surface area contributed by atoms with Crippen LogP contribution < -0.4 is 11.3 Å². The fourth-order valence-corrected chi connectivity index (χ4v) is 3.75. The minimum absolute atomic E-state index is 0.140. The average molecular weight is 360 g/mol. The van der Waals surface area contributed by atoms with Crippen molar-refractivity contribution in [3.8, 4) is 21.7 Å². The third kappa shape index (κ3) is 2.12. The number of nitrogens with zero attached hydrogens (tertiary/aromatic N) is 3. The summed E-state index contributed by atoms with van der Waals surface area (Å²) in [6.45, 7) is 0. The Hall–Kier alpha value is -3.52. The number of anilines is 1. The highest BCUT2D eigenvalue weighted by Crippen LogP contribution is 2.35. The monoisotopic (exact) mass is 360 g/mol. The Balaban J connectivity index is 1.86.